The molecule has 0 radical (unpaired) electrons. The van der Waals surface area contributed by atoms with Crippen LogP contribution in [0.2, 0.25) is 0 Å². The second-order valence-electron chi connectivity index (χ2n) is 1.97. The smallest absolute Gasteiger partial charge is 0.232 e. The van der Waals surface area contributed by atoms with E-state index in [9.17, 15) is 17.6 Å². The Morgan fingerprint density at radius 2 is 1.92 bits per heavy atom. The SMILES string of the molecule is Fc1ccc(SC(F)(F)F)nc1I. The molecule has 13 heavy (non-hydrogen) atoms. The second kappa shape index (κ2) is 3.99. The zero-order valence-electron chi connectivity index (χ0n) is 5.90. The molecule has 0 unspecified atom stereocenters. The molecule has 0 aliphatic carbocycles. The quantitative estimate of drug-likeness (QED) is 0.340. The average molecular weight is 323 g/mol. The number of nitrogens with zero attached hydrogens (tertiary/aromatic N) is 1. The van der Waals surface area contributed by atoms with Crippen molar-refractivity contribution >= 4 is 34.4 Å². The molecule has 0 bridgehead atoms. The molecule has 0 aromatic carbocycles. The highest BCUT2D eigenvalue weighted by Gasteiger charge is 2.30. The summed E-state index contributed by atoms with van der Waals surface area (Å²) in [5, 5.41) is -0.252. The molecule has 1 heterocycles. The lowest BCUT2D eigenvalue weighted by Crippen LogP contribution is -2.01. The third kappa shape index (κ3) is 3.67. The molecule has 0 spiro atoms. The minimum Gasteiger partial charge on any atom is -0.232 e. The second-order valence-corrected chi connectivity index (χ2v) is 4.08. The molecule has 0 saturated heterocycles. The molecule has 0 amide bonds. The Morgan fingerprint density at radius 1 is 1.31 bits per heavy atom. The highest BCUT2D eigenvalue weighted by Crippen LogP contribution is 2.35. The van der Waals surface area contributed by atoms with E-state index in [1.807, 2.05) is 0 Å². The number of hydrogen-bond acceptors (Lipinski definition) is 2. The molecule has 1 nitrogen and oxygen atoms in total. The van der Waals surface area contributed by atoms with E-state index in [2.05, 4.69) is 4.98 Å². The zero-order chi connectivity index (χ0) is 10.1. The van der Waals surface area contributed by atoms with Crippen molar-refractivity contribution in [2.75, 3.05) is 0 Å². The Hall–Kier alpha value is -0.0500. The van der Waals surface area contributed by atoms with Gasteiger partial charge in [0.2, 0.25) is 0 Å². The van der Waals surface area contributed by atoms with Gasteiger partial charge in [0, 0.05) is 11.8 Å². The summed E-state index contributed by atoms with van der Waals surface area (Å²) >= 11 is 1.18. The monoisotopic (exact) mass is 323 g/mol. The van der Waals surface area contributed by atoms with Gasteiger partial charge in [-0.05, 0) is 34.7 Å². The minimum atomic E-state index is -4.38. The molecule has 0 aliphatic rings. The van der Waals surface area contributed by atoms with Gasteiger partial charge in [-0.2, -0.15) is 13.2 Å². The largest absolute Gasteiger partial charge is 0.447 e. The van der Waals surface area contributed by atoms with E-state index in [-0.39, 0.29) is 20.5 Å². The van der Waals surface area contributed by atoms with Crippen LogP contribution in [0.25, 0.3) is 0 Å². The fourth-order valence-corrected chi connectivity index (χ4v) is 1.69. The van der Waals surface area contributed by atoms with Crippen LogP contribution in [0.4, 0.5) is 17.6 Å². The van der Waals surface area contributed by atoms with Gasteiger partial charge in [-0.1, -0.05) is 0 Å². The number of halogens is 5. The summed E-state index contributed by atoms with van der Waals surface area (Å²) in [5.41, 5.74) is -4.38. The minimum absolute atomic E-state index is 0.0631. The van der Waals surface area contributed by atoms with Gasteiger partial charge in [-0.3, -0.25) is 0 Å². The van der Waals surface area contributed by atoms with Crippen molar-refractivity contribution in [3.05, 3.63) is 21.7 Å². The van der Waals surface area contributed by atoms with Gasteiger partial charge in [-0.15, -0.1) is 0 Å². The molecule has 72 valence electrons. The standard InChI is InChI=1S/C6H2F4INS/c7-3-1-2-4(12-5(3)11)13-6(8,9)10/h1-2H. The number of pyridine rings is 1. The molecule has 0 saturated carbocycles. The van der Waals surface area contributed by atoms with Crippen molar-refractivity contribution in [1.29, 1.82) is 0 Å². The van der Waals surface area contributed by atoms with Gasteiger partial charge in [0.15, 0.2) is 5.82 Å². The summed E-state index contributed by atoms with van der Waals surface area (Å²) in [6.45, 7) is 0. The summed E-state index contributed by atoms with van der Waals surface area (Å²) in [4.78, 5) is 3.41. The summed E-state index contributed by atoms with van der Waals surface area (Å²) in [6, 6.07) is 1.96. The maximum Gasteiger partial charge on any atom is 0.447 e. The van der Waals surface area contributed by atoms with Crippen LogP contribution in [0.3, 0.4) is 0 Å². The summed E-state index contributed by atoms with van der Waals surface area (Å²) in [5.74, 6) is -0.618. The van der Waals surface area contributed by atoms with Crippen LogP contribution in [0.15, 0.2) is 17.2 Å². The highest BCUT2D eigenvalue weighted by molar-refractivity contribution is 14.1. The molecule has 1 aromatic heterocycles. The number of thioether (sulfide) groups is 1. The molecule has 0 atom stereocenters. The predicted octanol–water partition coefficient (Wildman–Crippen LogP) is 3.44. The molecule has 0 aliphatic heterocycles. The molecule has 1 aromatic rings. The first-order valence-electron chi connectivity index (χ1n) is 2.96. The summed E-state index contributed by atoms with van der Waals surface area (Å²) in [6.07, 6.45) is 0. The van der Waals surface area contributed by atoms with Crippen molar-refractivity contribution in [1.82, 2.24) is 4.98 Å². The van der Waals surface area contributed by atoms with E-state index < -0.39 is 11.3 Å². The van der Waals surface area contributed by atoms with E-state index in [0.717, 1.165) is 12.1 Å². The summed E-state index contributed by atoms with van der Waals surface area (Å²) < 4.78 is 47.9. The van der Waals surface area contributed by atoms with Crippen LogP contribution in [-0.4, -0.2) is 10.5 Å². The van der Waals surface area contributed by atoms with Gasteiger partial charge in [-0.25, -0.2) is 9.37 Å². The predicted molar refractivity (Wildman–Crippen MR) is 48.8 cm³/mol. The van der Waals surface area contributed by atoms with Crippen LogP contribution >= 0.6 is 34.4 Å². The van der Waals surface area contributed by atoms with E-state index in [0.29, 0.717) is 0 Å². The van der Waals surface area contributed by atoms with Crippen LogP contribution in [-0.2, 0) is 0 Å². The lowest BCUT2D eigenvalue weighted by molar-refractivity contribution is -0.0329. The van der Waals surface area contributed by atoms with Crippen molar-refractivity contribution < 1.29 is 17.6 Å². The third-order valence-electron chi connectivity index (χ3n) is 0.998. The van der Waals surface area contributed by atoms with Crippen LogP contribution in [0, 0.1) is 9.52 Å². The van der Waals surface area contributed by atoms with Crippen molar-refractivity contribution in [2.45, 2.75) is 10.5 Å². The third-order valence-corrected chi connectivity index (χ3v) is 2.42. The number of aromatic nitrogens is 1. The van der Waals surface area contributed by atoms with E-state index in [1.54, 1.807) is 0 Å². The zero-order valence-corrected chi connectivity index (χ0v) is 8.87. The Labute approximate surface area is 89.1 Å². The molecule has 7 heteroatoms. The van der Waals surface area contributed by atoms with Gasteiger partial charge in [0.25, 0.3) is 0 Å². The first-order chi connectivity index (χ1) is 5.88. The van der Waals surface area contributed by atoms with Crippen LogP contribution in [0.1, 0.15) is 0 Å². The van der Waals surface area contributed by atoms with Gasteiger partial charge >= 0.3 is 5.51 Å². The van der Waals surface area contributed by atoms with E-state index in [4.69, 9.17) is 0 Å². The maximum atomic E-state index is 12.6. The van der Waals surface area contributed by atoms with E-state index in [1.165, 1.54) is 22.6 Å². The molecular weight excluding hydrogens is 321 g/mol. The van der Waals surface area contributed by atoms with Gasteiger partial charge < -0.3 is 0 Å². The van der Waals surface area contributed by atoms with Crippen molar-refractivity contribution in [2.24, 2.45) is 0 Å². The lowest BCUT2D eigenvalue weighted by atomic mass is 10.5. The number of alkyl halides is 3. The number of rotatable bonds is 1. The summed E-state index contributed by atoms with van der Waals surface area (Å²) in [7, 11) is 0. The van der Waals surface area contributed by atoms with Gasteiger partial charge in [0.1, 0.15) is 8.73 Å². The van der Waals surface area contributed by atoms with E-state index >= 15 is 0 Å². The Kier molecular flexibility index (Phi) is 3.38. The Balaban J connectivity index is 2.86. The normalized spacial score (nSPS) is 11.8. The Bertz CT molecular complexity index is 314. The lowest BCUT2D eigenvalue weighted by Gasteiger charge is -2.04. The highest BCUT2D eigenvalue weighted by atomic mass is 127. The van der Waals surface area contributed by atoms with Crippen LogP contribution < -0.4 is 0 Å². The maximum absolute atomic E-state index is 12.6. The van der Waals surface area contributed by atoms with Gasteiger partial charge in [0.05, 0.1) is 0 Å². The fraction of sp³-hybridized carbons (Fsp3) is 0.167. The molecule has 0 N–H and O–H groups in total. The topological polar surface area (TPSA) is 12.9 Å². The number of hydrogen-bond donors (Lipinski definition) is 0. The fourth-order valence-electron chi connectivity index (χ4n) is 0.576. The first-order valence-corrected chi connectivity index (χ1v) is 4.86. The molecule has 0 fully saturated rings. The van der Waals surface area contributed by atoms with Crippen molar-refractivity contribution in [3.63, 3.8) is 0 Å². The first kappa shape index (κ1) is 11.0. The molecule has 1 rings (SSSR count). The molecular formula is C6H2F4INS. The van der Waals surface area contributed by atoms with Crippen LogP contribution in [0.5, 0.6) is 0 Å². The Morgan fingerprint density at radius 3 is 2.38 bits per heavy atom. The van der Waals surface area contributed by atoms with Crippen molar-refractivity contribution in [3.8, 4) is 0 Å². The average Bonchev–Trinajstić information content (AvgIpc) is 1.94.